The molecule has 2 heteroatoms. The Morgan fingerprint density at radius 1 is 0.909 bits per heavy atom. The van der Waals surface area contributed by atoms with Crippen molar-refractivity contribution >= 4 is 0 Å². The van der Waals surface area contributed by atoms with Gasteiger partial charge in [0.2, 0.25) is 0 Å². The second-order valence-electron chi connectivity index (χ2n) is 2.37. The molecule has 0 aromatic heterocycles. The van der Waals surface area contributed by atoms with Crippen molar-refractivity contribution in [2.45, 2.75) is 13.8 Å². The van der Waals surface area contributed by atoms with Gasteiger partial charge in [-0.2, -0.15) is 23.6 Å². The third-order valence-corrected chi connectivity index (χ3v) is 1.35. The van der Waals surface area contributed by atoms with E-state index in [9.17, 15) is 0 Å². The van der Waals surface area contributed by atoms with Gasteiger partial charge in [-0.25, -0.2) is 0 Å². The summed E-state index contributed by atoms with van der Waals surface area (Å²) < 4.78 is 0. The smallest absolute Gasteiger partial charge is 0 e. The van der Waals surface area contributed by atoms with Crippen molar-refractivity contribution < 1.29 is 65.4 Å². The quantitative estimate of drug-likeness (QED) is 0.699. The van der Waals surface area contributed by atoms with E-state index in [1.165, 1.54) is 11.5 Å². The summed E-state index contributed by atoms with van der Waals surface area (Å²) in [5, 5.41) is 0. The van der Waals surface area contributed by atoms with Crippen molar-refractivity contribution in [3.8, 4) is 0 Å². The molecule has 2 radical (unpaired) electrons. The molecular formula is C9H11Y2-. The summed E-state index contributed by atoms with van der Waals surface area (Å²) in [5.41, 5.74) is 1.33. The third-order valence-electron chi connectivity index (χ3n) is 1.35. The minimum absolute atomic E-state index is 0. The molecule has 0 nitrogen and oxygen atoms in total. The Morgan fingerprint density at radius 3 is 1.64 bits per heavy atom. The first kappa shape index (κ1) is 14.8. The van der Waals surface area contributed by atoms with Crippen LogP contribution in [0.2, 0.25) is 0 Å². The molecule has 1 aromatic carbocycles. The molecule has 0 aliphatic rings. The van der Waals surface area contributed by atoms with Crippen LogP contribution in [0.5, 0.6) is 0 Å². The van der Waals surface area contributed by atoms with Gasteiger partial charge in [0, 0.05) is 65.4 Å². The van der Waals surface area contributed by atoms with Crippen LogP contribution in [0.25, 0.3) is 0 Å². The predicted octanol–water partition coefficient (Wildman–Crippen LogP) is 2.64. The third kappa shape index (κ3) is 5.52. The fourth-order valence-electron chi connectivity index (χ4n) is 0.771. The zero-order chi connectivity index (χ0) is 6.69. The standard InChI is InChI=1S/C9H11.2Y/c1-8(2)9-6-4-3-5-7-9;;/h3-7H,1-2H3;;/q-1;;. The Kier molecular flexibility index (Phi) is 10.7. The Labute approximate surface area is 119 Å². The minimum atomic E-state index is 0. The van der Waals surface area contributed by atoms with Gasteiger partial charge in [0.25, 0.3) is 0 Å². The summed E-state index contributed by atoms with van der Waals surface area (Å²) in [6, 6.07) is 10.4. The van der Waals surface area contributed by atoms with E-state index < -0.39 is 0 Å². The minimum Gasteiger partial charge on any atom is -0.189 e. The molecule has 1 aromatic rings. The van der Waals surface area contributed by atoms with E-state index in [0.29, 0.717) is 0 Å². The van der Waals surface area contributed by atoms with Gasteiger partial charge < -0.3 is 0 Å². The molecule has 0 bridgehead atoms. The van der Waals surface area contributed by atoms with Crippen LogP contribution in [0.4, 0.5) is 0 Å². The summed E-state index contributed by atoms with van der Waals surface area (Å²) in [6.07, 6.45) is 0. The summed E-state index contributed by atoms with van der Waals surface area (Å²) in [5.74, 6) is 1.37. The molecule has 0 unspecified atom stereocenters. The number of rotatable bonds is 1. The van der Waals surface area contributed by atoms with E-state index in [4.69, 9.17) is 0 Å². The molecule has 54 valence electrons. The van der Waals surface area contributed by atoms with Gasteiger partial charge in [-0.3, -0.25) is 0 Å². The van der Waals surface area contributed by atoms with Crippen molar-refractivity contribution in [1.29, 1.82) is 0 Å². The van der Waals surface area contributed by atoms with Gasteiger partial charge in [-0.1, -0.05) is 19.9 Å². The van der Waals surface area contributed by atoms with E-state index in [1.54, 1.807) is 0 Å². The number of benzene rings is 1. The fraction of sp³-hybridized carbons (Fsp3) is 0.222. The molecule has 0 aliphatic heterocycles. The number of hydrogen-bond donors (Lipinski definition) is 0. The molecule has 0 saturated carbocycles. The predicted molar refractivity (Wildman–Crippen MR) is 40.1 cm³/mol. The van der Waals surface area contributed by atoms with Crippen molar-refractivity contribution in [2.24, 2.45) is 0 Å². The Morgan fingerprint density at radius 2 is 1.36 bits per heavy atom. The zero-order valence-corrected chi connectivity index (χ0v) is 12.7. The first-order valence-corrected chi connectivity index (χ1v) is 3.16. The van der Waals surface area contributed by atoms with Crippen LogP contribution in [0.3, 0.4) is 0 Å². The SMILES string of the molecule is C[C-](C)c1ccccc1.[Y].[Y]. The number of hydrogen-bond acceptors (Lipinski definition) is 0. The largest absolute Gasteiger partial charge is 0.189 e. The van der Waals surface area contributed by atoms with E-state index in [0.717, 1.165) is 0 Å². The molecule has 0 heterocycles. The summed E-state index contributed by atoms with van der Waals surface area (Å²) >= 11 is 0. The Balaban J connectivity index is 0. The van der Waals surface area contributed by atoms with Gasteiger partial charge in [-0.05, 0) is 0 Å². The maximum absolute atomic E-state index is 2.12. The first-order chi connectivity index (χ1) is 4.30. The molecule has 0 N–H and O–H groups in total. The van der Waals surface area contributed by atoms with E-state index in [2.05, 4.69) is 38.1 Å². The van der Waals surface area contributed by atoms with Crippen LogP contribution in [0.1, 0.15) is 19.4 Å². The summed E-state index contributed by atoms with van der Waals surface area (Å²) in [4.78, 5) is 0. The molecule has 0 atom stereocenters. The molecule has 1 rings (SSSR count). The van der Waals surface area contributed by atoms with E-state index >= 15 is 0 Å². The van der Waals surface area contributed by atoms with Crippen LogP contribution in [-0.2, 0) is 65.4 Å². The molecule has 0 spiro atoms. The topological polar surface area (TPSA) is 0 Å². The fourth-order valence-corrected chi connectivity index (χ4v) is 0.771. The van der Waals surface area contributed by atoms with Crippen LogP contribution in [0, 0.1) is 5.92 Å². The molecule has 0 aliphatic carbocycles. The van der Waals surface area contributed by atoms with Crippen molar-refractivity contribution in [3.63, 3.8) is 0 Å². The van der Waals surface area contributed by atoms with Gasteiger partial charge in [0.15, 0.2) is 0 Å². The van der Waals surface area contributed by atoms with Crippen molar-refractivity contribution in [1.82, 2.24) is 0 Å². The molecule has 0 amide bonds. The van der Waals surface area contributed by atoms with Gasteiger partial charge >= 0.3 is 0 Å². The summed E-state index contributed by atoms with van der Waals surface area (Å²) in [6.45, 7) is 4.24. The molecular weight excluding hydrogens is 286 g/mol. The van der Waals surface area contributed by atoms with Crippen molar-refractivity contribution in [3.05, 3.63) is 41.8 Å². The van der Waals surface area contributed by atoms with Crippen LogP contribution in [0.15, 0.2) is 30.3 Å². The van der Waals surface area contributed by atoms with Crippen molar-refractivity contribution in [2.75, 3.05) is 0 Å². The average molecular weight is 297 g/mol. The van der Waals surface area contributed by atoms with Crippen LogP contribution >= 0.6 is 0 Å². The monoisotopic (exact) mass is 297 g/mol. The van der Waals surface area contributed by atoms with Crippen LogP contribution in [-0.4, -0.2) is 0 Å². The normalized spacial score (nSPS) is 7.45. The second kappa shape index (κ2) is 7.92. The maximum atomic E-state index is 2.12. The Hall–Kier alpha value is 1.30. The molecule has 0 saturated heterocycles. The van der Waals surface area contributed by atoms with Gasteiger partial charge in [-0.15, -0.1) is 12.1 Å². The zero-order valence-electron chi connectivity index (χ0n) is 7.04. The van der Waals surface area contributed by atoms with Gasteiger partial charge in [0.1, 0.15) is 0 Å². The molecule has 0 fully saturated rings. The summed E-state index contributed by atoms with van der Waals surface area (Å²) in [7, 11) is 0. The molecule has 11 heavy (non-hydrogen) atoms. The second-order valence-corrected chi connectivity index (χ2v) is 2.37. The van der Waals surface area contributed by atoms with Gasteiger partial charge in [0.05, 0.1) is 0 Å². The Bertz CT molecular complexity index is 170. The van der Waals surface area contributed by atoms with E-state index in [1.807, 2.05) is 6.07 Å². The average Bonchev–Trinajstić information content (AvgIpc) is 1.90. The first-order valence-electron chi connectivity index (χ1n) is 3.16. The maximum Gasteiger partial charge on any atom is 0 e. The van der Waals surface area contributed by atoms with Crippen LogP contribution < -0.4 is 0 Å². The van der Waals surface area contributed by atoms with E-state index in [-0.39, 0.29) is 65.4 Å².